The molecule has 0 saturated carbocycles. The van der Waals surface area contributed by atoms with E-state index in [-0.39, 0.29) is 11.2 Å². The Labute approximate surface area is 160 Å². The Morgan fingerprint density at radius 1 is 1.12 bits per heavy atom. The van der Waals surface area contributed by atoms with Crippen molar-refractivity contribution < 1.29 is 0 Å². The number of nitrogens with zero attached hydrogens (tertiary/aromatic N) is 4. The Kier molecular flexibility index (Phi) is 5.58. The summed E-state index contributed by atoms with van der Waals surface area (Å²) in [4.78, 5) is 29.6. The number of benzene rings is 1. The number of hydrogen-bond acceptors (Lipinski definition) is 4. The summed E-state index contributed by atoms with van der Waals surface area (Å²) in [6, 6.07) is 7.52. The van der Waals surface area contributed by atoms with E-state index in [0.717, 1.165) is 33.9 Å². The minimum absolute atomic E-state index is 0.327. The van der Waals surface area contributed by atoms with Gasteiger partial charge in [0.15, 0.2) is 16.3 Å². The third kappa shape index (κ3) is 3.46. The summed E-state index contributed by atoms with van der Waals surface area (Å²) in [5, 5.41) is 1.42. The second-order valence-electron chi connectivity index (χ2n) is 6.19. The molecule has 3 rings (SSSR count). The van der Waals surface area contributed by atoms with Crippen molar-refractivity contribution in [3.05, 3.63) is 55.7 Å². The molecule has 0 aliphatic carbocycles. The average molecular weight is 393 g/mol. The summed E-state index contributed by atoms with van der Waals surface area (Å²) in [7, 11) is 3.14. The van der Waals surface area contributed by atoms with Crippen molar-refractivity contribution in [2.24, 2.45) is 14.1 Å². The van der Waals surface area contributed by atoms with E-state index < -0.39 is 0 Å². The summed E-state index contributed by atoms with van der Waals surface area (Å²) < 4.78 is 4.46. The lowest BCUT2D eigenvalue weighted by molar-refractivity contribution is 0.696. The molecule has 1 aromatic carbocycles. The summed E-state index contributed by atoms with van der Waals surface area (Å²) in [6.45, 7) is 2.63. The molecular formula is C18H21ClN4O2S. The normalized spacial score (nSPS) is 11.4. The Morgan fingerprint density at radius 3 is 2.46 bits per heavy atom. The molecule has 0 fully saturated rings. The van der Waals surface area contributed by atoms with E-state index in [4.69, 9.17) is 11.6 Å². The smallest absolute Gasteiger partial charge is 0.309 e. The van der Waals surface area contributed by atoms with Crippen LogP contribution in [0.15, 0.2) is 39.0 Å². The largest absolute Gasteiger partial charge is 0.332 e. The quantitative estimate of drug-likeness (QED) is 0.478. The zero-order chi connectivity index (χ0) is 18.8. The molecule has 0 aliphatic heterocycles. The lowest BCUT2D eigenvalue weighted by Gasteiger charge is -2.09. The number of unbranched alkanes of at least 4 members (excludes halogenated alkanes) is 1. The Morgan fingerprint density at radius 2 is 1.81 bits per heavy atom. The van der Waals surface area contributed by atoms with Gasteiger partial charge >= 0.3 is 5.69 Å². The number of imidazole rings is 1. The zero-order valence-corrected chi connectivity index (χ0v) is 16.6. The van der Waals surface area contributed by atoms with Gasteiger partial charge < -0.3 is 4.57 Å². The van der Waals surface area contributed by atoms with Crippen LogP contribution in [0, 0.1) is 0 Å². The molecule has 0 aliphatic rings. The van der Waals surface area contributed by atoms with Crippen LogP contribution in [0.5, 0.6) is 0 Å². The zero-order valence-electron chi connectivity index (χ0n) is 15.0. The predicted molar refractivity (Wildman–Crippen MR) is 106 cm³/mol. The molecule has 2 aromatic heterocycles. The van der Waals surface area contributed by atoms with Crippen LogP contribution in [0.3, 0.4) is 0 Å². The number of halogens is 1. The molecule has 0 atom stereocenters. The van der Waals surface area contributed by atoms with Crippen molar-refractivity contribution in [2.75, 3.05) is 5.75 Å². The van der Waals surface area contributed by atoms with Crippen molar-refractivity contribution in [3.8, 4) is 0 Å². The van der Waals surface area contributed by atoms with Crippen molar-refractivity contribution in [1.82, 2.24) is 18.7 Å². The van der Waals surface area contributed by atoms with Gasteiger partial charge in [-0.25, -0.2) is 9.78 Å². The maximum Gasteiger partial charge on any atom is 0.332 e. The molecular weight excluding hydrogens is 372 g/mol. The lowest BCUT2D eigenvalue weighted by atomic mass is 10.2. The van der Waals surface area contributed by atoms with E-state index in [1.165, 1.54) is 11.6 Å². The molecule has 2 heterocycles. The highest BCUT2D eigenvalue weighted by atomic mass is 35.5. The summed E-state index contributed by atoms with van der Waals surface area (Å²) >= 11 is 7.59. The molecule has 138 valence electrons. The summed E-state index contributed by atoms with van der Waals surface area (Å²) in [5.74, 6) is 0.911. The summed E-state index contributed by atoms with van der Waals surface area (Å²) in [6.07, 6.45) is 2.15. The lowest BCUT2D eigenvalue weighted by Crippen LogP contribution is -2.37. The van der Waals surface area contributed by atoms with Gasteiger partial charge in [0.2, 0.25) is 0 Å². The first-order chi connectivity index (χ1) is 12.4. The molecule has 0 unspecified atom stereocenters. The minimum Gasteiger partial charge on any atom is -0.309 e. The van der Waals surface area contributed by atoms with Crippen molar-refractivity contribution in [3.63, 3.8) is 0 Å². The van der Waals surface area contributed by atoms with E-state index in [1.807, 2.05) is 28.8 Å². The van der Waals surface area contributed by atoms with Crippen LogP contribution >= 0.6 is 23.4 Å². The molecule has 3 aromatic rings. The number of aryl methyl sites for hydroxylation is 1. The number of rotatable bonds is 6. The highest BCUT2D eigenvalue weighted by Gasteiger charge is 2.19. The average Bonchev–Trinajstić information content (AvgIpc) is 2.99. The third-order valence-electron chi connectivity index (χ3n) is 4.30. The number of hydrogen-bond donors (Lipinski definition) is 0. The van der Waals surface area contributed by atoms with Crippen LogP contribution in [0.2, 0.25) is 5.02 Å². The molecule has 0 amide bonds. The van der Waals surface area contributed by atoms with Gasteiger partial charge in [-0.2, -0.15) is 0 Å². The van der Waals surface area contributed by atoms with Crippen molar-refractivity contribution >= 4 is 34.5 Å². The second kappa shape index (κ2) is 7.72. The number of thioether (sulfide) groups is 1. The van der Waals surface area contributed by atoms with E-state index in [9.17, 15) is 9.59 Å². The van der Waals surface area contributed by atoms with Crippen LogP contribution in [-0.2, 0) is 20.6 Å². The highest BCUT2D eigenvalue weighted by molar-refractivity contribution is 7.99. The molecule has 0 N–H and O–H groups in total. The van der Waals surface area contributed by atoms with Crippen molar-refractivity contribution in [1.29, 1.82) is 0 Å². The highest BCUT2D eigenvalue weighted by Crippen LogP contribution is 2.24. The molecule has 0 spiro atoms. The molecule has 26 heavy (non-hydrogen) atoms. The summed E-state index contributed by atoms with van der Waals surface area (Å²) in [5.41, 5.74) is 1.19. The van der Waals surface area contributed by atoms with Gasteiger partial charge in [-0.1, -0.05) is 48.8 Å². The van der Waals surface area contributed by atoms with Crippen LogP contribution in [0.25, 0.3) is 11.2 Å². The molecule has 0 bridgehead atoms. The van der Waals surface area contributed by atoms with E-state index >= 15 is 0 Å². The SMILES string of the molecule is CCCCSc1nc2c(c(=O)n(C)c(=O)n2C)n1Cc1ccc(Cl)cc1. The fraction of sp³-hybridized carbons (Fsp3) is 0.389. The first kappa shape index (κ1) is 18.8. The van der Waals surface area contributed by atoms with Gasteiger partial charge in [0.1, 0.15) is 0 Å². The van der Waals surface area contributed by atoms with Crippen LogP contribution < -0.4 is 11.2 Å². The van der Waals surface area contributed by atoms with Crippen LogP contribution in [0.1, 0.15) is 25.3 Å². The van der Waals surface area contributed by atoms with E-state index in [1.54, 1.807) is 18.8 Å². The Balaban J connectivity index is 2.19. The van der Waals surface area contributed by atoms with Gasteiger partial charge in [-0.15, -0.1) is 0 Å². The minimum atomic E-state index is -0.372. The van der Waals surface area contributed by atoms with Crippen LogP contribution in [0.4, 0.5) is 0 Å². The van der Waals surface area contributed by atoms with Gasteiger partial charge in [0, 0.05) is 24.9 Å². The number of aromatic nitrogens is 4. The molecule has 6 nitrogen and oxygen atoms in total. The molecule has 0 radical (unpaired) electrons. The van der Waals surface area contributed by atoms with Gasteiger partial charge in [0.05, 0.1) is 6.54 Å². The molecule has 8 heteroatoms. The Hall–Kier alpha value is -1.99. The van der Waals surface area contributed by atoms with E-state index in [2.05, 4.69) is 11.9 Å². The van der Waals surface area contributed by atoms with Gasteiger partial charge in [-0.05, 0) is 24.1 Å². The first-order valence-corrected chi connectivity index (χ1v) is 9.84. The van der Waals surface area contributed by atoms with Gasteiger partial charge in [0.25, 0.3) is 5.56 Å². The van der Waals surface area contributed by atoms with Crippen molar-refractivity contribution in [2.45, 2.75) is 31.5 Å². The van der Waals surface area contributed by atoms with Crippen LogP contribution in [-0.4, -0.2) is 24.4 Å². The van der Waals surface area contributed by atoms with E-state index in [0.29, 0.717) is 22.7 Å². The first-order valence-electron chi connectivity index (χ1n) is 8.47. The molecule has 0 saturated heterocycles. The monoisotopic (exact) mass is 392 g/mol. The second-order valence-corrected chi connectivity index (χ2v) is 7.69. The van der Waals surface area contributed by atoms with Gasteiger partial charge in [-0.3, -0.25) is 13.9 Å². The fourth-order valence-electron chi connectivity index (χ4n) is 2.76. The third-order valence-corrected chi connectivity index (χ3v) is 5.61. The predicted octanol–water partition coefficient (Wildman–Crippen LogP) is 3.03. The number of fused-ring (bicyclic) bond motifs is 1. The standard InChI is InChI=1S/C18H21ClN4O2S/c1-4-5-10-26-17-20-15-14(16(24)22(3)18(25)21(15)2)23(17)11-12-6-8-13(19)9-7-12/h6-9H,4-5,10-11H2,1-3H3. The fourth-order valence-corrected chi connectivity index (χ4v) is 3.97. The maximum absolute atomic E-state index is 12.8. The Bertz CT molecular complexity index is 1050. The maximum atomic E-state index is 12.8. The topological polar surface area (TPSA) is 61.8 Å².